The minimum absolute atomic E-state index is 0.0106. The van der Waals surface area contributed by atoms with E-state index in [2.05, 4.69) is 0 Å². The van der Waals surface area contributed by atoms with Gasteiger partial charge in [-0.1, -0.05) is 17.7 Å². The summed E-state index contributed by atoms with van der Waals surface area (Å²) in [6, 6.07) is 6.40. The summed E-state index contributed by atoms with van der Waals surface area (Å²) in [5, 5.41) is 10.1. The highest BCUT2D eigenvalue weighted by atomic mass is 35.5. The molecule has 1 aliphatic heterocycles. The van der Waals surface area contributed by atoms with E-state index in [-0.39, 0.29) is 18.1 Å². The molecule has 1 aromatic rings. The van der Waals surface area contributed by atoms with Crippen LogP contribution < -0.4 is 10.0 Å². The van der Waals surface area contributed by atoms with Crippen molar-refractivity contribution < 1.29 is 19.5 Å². The number of anilines is 1. The van der Waals surface area contributed by atoms with E-state index < -0.39 is 17.1 Å². The highest BCUT2D eigenvalue weighted by molar-refractivity contribution is 8.01. The van der Waals surface area contributed by atoms with Crippen molar-refractivity contribution in [1.82, 2.24) is 0 Å². The number of hydrogen-bond donors (Lipinski definition) is 0. The van der Waals surface area contributed by atoms with Crippen LogP contribution in [0.1, 0.15) is 6.42 Å². The van der Waals surface area contributed by atoms with Crippen molar-refractivity contribution >= 4 is 46.8 Å². The number of nitrogens with zero attached hydrogens (tertiary/aromatic N) is 1. The fraction of sp³-hybridized carbons (Fsp3) is 0.250. The van der Waals surface area contributed by atoms with E-state index in [0.717, 1.165) is 16.7 Å². The van der Waals surface area contributed by atoms with Gasteiger partial charge in [0.2, 0.25) is 11.8 Å². The number of aliphatic carboxylic acids is 1. The summed E-state index contributed by atoms with van der Waals surface area (Å²) in [4.78, 5) is 35.3. The molecular weight excluding hydrogens is 290 g/mol. The Hall–Kier alpha value is -1.53. The molecule has 0 spiro atoms. The smallest absolute Gasteiger partial charge is 0.247 e. The Labute approximate surface area is 118 Å². The Morgan fingerprint density at radius 2 is 2.21 bits per heavy atom. The molecule has 2 rings (SSSR count). The maximum Gasteiger partial charge on any atom is 0.247 e. The average molecular weight is 299 g/mol. The first kappa shape index (κ1) is 13.9. The lowest BCUT2D eigenvalue weighted by molar-refractivity contribution is -0.301. The molecule has 1 saturated heterocycles. The Morgan fingerprint density at radius 3 is 2.84 bits per heavy atom. The Kier molecular flexibility index (Phi) is 4.11. The van der Waals surface area contributed by atoms with Crippen LogP contribution in [-0.4, -0.2) is 28.8 Å². The molecule has 5 nitrogen and oxygen atoms in total. The van der Waals surface area contributed by atoms with E-state index in [4.69, 9.17) is 11.6 Å². The number of hydrogen-bond acceptors (Lipinski definition) is 5. The molecule has 1 unspecified atom stereocenters. The number of benzene rings is 1. The first-order valence-corrected chi connectivity index (χ1v) is 6.85. The predicted molar refractivity (Wildman–Crippen MR) is 69.8 cm³/mol. The zero-order valence-corrected chi connectivity index (χ0v) is 11.2. The highest BCUT2D eigenvalue weighted by Gasteiger charge is 2.39. The molecule has 7 heteroatoms. The van der Waals surface area contributed by atoms with Crippen LogP contribution in [0.15, 0.2) is 24.3 Å². The second-order valence-corrected chi connectivity index (χ2v) is 5.55. The molecule has 0 bridgehead atoms. The summed E-state index contributed by atoms with van der Waals surface area (Å²) in [5.74, 6) is -2.35. The number of amides is 2. The lowest BCUT2D eigenvalue weighted by atomic mass is 10.3. The molecular formula is C12H9ClNO4S-. The number of carboxylic acids is 1. The van der Waals surface area contributed by atoms with Gasteiger partial charge < -0.3 is 9.90 Å². The molecule has 100 valence electrons. The minimum Gasteiger partial charge on any atom is -0.549 e. The van der Waals surface area contributed by atoms with Gasteiger partial charge in [-0.05, 0) is 18.2 Å². The third kappa shape index (κ3) is 3.08. The zero-order chi connectivity index (χ0) is 14.0. The van der Waals surface area contributed by atoms with Gasteiger partial charge in [-0.2, -0.15) is 0 Å². The molecule has 2 amide bonds. The topological polar surface area (TPSA) is 77.5 Å². The van der Waals surface area contributed by atoms with Crippen molar-refractivity contribution in [3.05, 3.63) is 29.3 Å². The minimum atomic E-state index is -1.26. The number of halogens is 1. The second kappa shape index (κ2) is 5.63. The monoisotopic (exact) mass is 298 g/mol. The van der Waals surface area contributed by atoms with Gasteiger partial charge in [0, 0.05) is 17.2 Å². The van der Waals surface area contributed by atoms with E-state index >= 15 is 0 Å². The van der Waals surface area contributed by atoms with Crippen LogP contribution in [0.25, 0.3) is 0 Å². The number of carboxylic acid groups (broad SMARTS) is 1. The van der Waals surface area contributed by atoms with Crippen LogP contribution >= 0.6 is 23.4 Å². The lowest BCUT2D eigenvalue weighted by Gasteiger charge is -2.15. The summed E-state index contributed by atoms with van der Waals surface area (Å²) in [6.07, 6.45) is -0.0106. The van der Waals surface area contributed by atoms with Gasteiger partial charge in [-0.15, -0.1) is 11.8 Å². The van der Waals surface area contributed by atoms with Crippen LogP contribution in [0.5, 0.6) is 0 Å². The van der Waals surface area contributed by atoms with Gasteiger partial charge in [0.1, 0.15) is 0 Å². The second-order valence-electron chi connectivity index (χ2n) is 3.92. The predicted octanol–water partition coefficient (Wildman–Crippen LogP) is 0.455. The third-order valence-corrected chi connectivity index (χ3v) is 3.98. The van der Waals surface area contributed by atoms with Crippen LogP contribution in [0.4, 0.5) is 5.69 Å². The van der Waals surface area contributed by atoms with Crippen molar-refractivity contribution in [2.45, 2.75) is 11.7 Å². The molecule has 1 aliphatic rings. The van der Waals surface area contributed by atoms with Crippen molar-refractivity contribution in [3.63, 3.8) is 0 Å². The Morgan fingerprint density at radius 1 is 1.47 bits per heavy atom. The van der Waals surface area contributed by atoms with E-state index in [9.17, 15) is 19.5 Å². The number of imide groups is 1. The molecule has 0 aliphatic carbocycles. The molecule has 1 atom stereocenters. The molecule has 0 saturated carbocycles. The van der Waals surface area contributed by atoms with E-state index in [1.165, 1.54) is 6.07 Å². The summed E-state index contributed by atoms with van der Waals surface area (Å²) in [5.41, 5.74) is 0.402. The maximum atomic E-state index is 12.1. The summed E-state index contributed by atoms with van der Waals surface area (Å²) in [6.45, 7) is 0. The van der Waals surface area contributed by atoms with Gasteiger partial charge in [0.25, 0.3) is 0 Å². The quantitative estimate of drug-likeness (QED) is 0.755. The SMILES string of the molecule is O=C([O-])CSC1CC(=O)N(c2cccc(Cl)c2)C1=O. The molecule has 0 N–H and O–H groups in total. The van der Waals surface area contributed by atoms with Crippen molar-refractivity contribution in [2.24, 2.45) is 0 Å². The number of thioether (sulfide) groups is 1. The molecule has 1 aromatic carbocycles. The maximum absolute atomic E-state index is 12.1. The van der Waals surface area contributed by atoms with Crippen molar-refractivity contribution in [3.8, 4) is 0 Å². The molecule has 1 fully saturated rings. The lowest BCUT2D eigenvalue weighted by Crippen LogP contribution is -2.32. The van der Waals surface area contributed by atoms with Gasteiger partial charge >= 0.3 is 0 Å². The molecule has 0 radical (unpaired) electrons. The van der Waals surface area contributed by atoms with E-state index in [0.29, 0.717) is 10.7 Å². The first-order chi connectivity index (χ1) is 8.99. The third-order valence-electron chi connectivity index (χ3n) is 2.57. The van der Waals surface area contributed by atoms with Crippen LogP contribution in [-0.2, 0) is 14.4 Å². The average Bonchev–Trinajstić information content (AvgIpc) is 2.62. The fourth-order valence-corrected chi connectivity index (χ4v) is 2.82. The summed E-state index contributed by atoms with van der Waals surface area (Å²) in [7, 11) is 0. The van der Waals surface area contributed by atoms with Gasteiger partial charge in [0.05, 0.1) is 16.9 Å². The standard InChI is InChI=1S/C12H10ClNO4S/c13-7-2-1-3-8(4-7)14-10(15)5-9(12(14)18)19-6-11(16)17/h1-4,9H,5-6H2,(H,16,17)/p-1. The van der Waals surface area contributed by atoms with Gasteiger partial charge in [-0.3, -0.25) is 9.59 Å². The van der Waals surface area contributed by atoms with Gasteiger partial charge in [0.15, 0.2) is 0 Å². The highest BCUT2D eigenvalue weighted by Crippen LogP contribution is 2.30. The largest absolute Gasteiger partial charge is 0.549 e. The molecule has 0 aromatic heterocycles. The first-order valence-electron chi connectivity index (χ1n) is 5.43. The Balaban J connectivity index is 2.17. The summed E-state index contributed by atoms with van der Waals surface area (Å²) < 4.78 is 0. The van der Waals surface area contributed by atoms with E-state index in [1.807, 2.05) is 0 Å². The fourth-order valence-electron chi connectivity index (χ4n) is 1.79. The number of carbonyl (C=O) groups excluding carboxylic acids is 3. The summed E-state index contributed by atoms with van der Waals surface area (Å²) >= 11 is 6.72. The van der Waals surface area contributed by atoms with Crippen LogP contribution in [0.3, 0.4) is 0 Å². The molecule has 1 heterocycles. The van der Waals surface area contributed by atoms with Crippen LogP contribution in [0, 0.1) is 0 Å². The van der Waals surface area contributed by atoms with E-state index in [1.54, 1.807) is 18.2 Å². The van der Waals surface area contributed by atoms with Crippen LogP contribution in [0.2, 0.25) is 5.02 Å². The zero-order valence-electron chi connectivity index (χ0n) is 9.67. The molecule has 19 heavy (non-hydrogen) atoms. The number of carbonyl (C=O) groups is 3. The van der Waals surface area contributed by atoms with Crippen molar-refractivity contribution in [2.75, 3.05) is 10.7 Å². The van der Waals surface area contributed by atoms with Gasteiger partial charge in [-0.25, -0.2) is 4.90 Å². The van der Waals surface area contributed by atoms with Crippen molar-refractivity contribution in [1.29, 1.82) is 0 Å². The Bertz CT molecular complexity index is 548. The number of rotatable bonds is 4. The normalized spacial score (nSPS) is 19.0.